The minimum Gasteiger partial charge on any atom is -0.457 e. The number of carbonyl (C=O) groups is 2. The number of carbonyl (C=O) groups excluding carboxylic acids is 2. The second-order valence-corrected chi connectivity index (χ2v) is 6.65. The van der Waals surface area contributed by atoms with Crippen molar-refractivity contribution in [1.29, 1.82) is 5.26 Å². The molecule has 0 aliphatic carbocycles. The number of nitrogens with zero attached hydrogens (tertiary/aromatic N) is 2. The van der Waals surface area contributed by atoms with Crippen LogP contribution in [0.25, 0.3) is 0 Å². The van der Waals surface area contributed by atoms with Gasteiger partial charge in [-0.3, -0.25) is 9.78 Å². The summed E-state index contributed by atoms with van der Waals surface area (Å²) in [7, 11) is 1.44. The predicted octanol–water partition coefficient (Wildman–Crippen LogP) is 4.91. The summed E-state index contributed by atoms with van der Waals surface area (Å²) in [6.07, 6.45) is -3.46. The lowest BCUT2D eigenvalue weighted by Crippen LogP contribution is -2.20. The summed E-state index contributed by atoms with van der Waals surface area (Å²) < 4.78 is 59.1. The third-order valence-corrected chi connectivity index (χ3v) is 4.32. The molecule has 3 rings (SSSR count). The van der Waals surface area contributed by atoms with Crippen LogP contribution in [0.15, 0.2) is 54.7 Å². The molecule has 0 bridgehead atoms. The minimum absolute atomic E-state index is 0.0550. The number of aromatic nitrogens is 1. The number of urea groups is 1. The average molecular weight is 473 g/mol. The largest absolute Gasteiger partial charge is 0.457 e. The van der Waals surface area contributed by atoms with Gasteiger partial charge in [0.2, 0.25) is 0 Å². The number of benzene rings is 2. The fourth-order valence-electron chi connectivity index (χ4n) is 2.76. The van der Waals surface area contributed by atoms with Gasteiger partial charge in [0.05, 0.1) is 22.9 Å². The van der Waals surface area contributed by atoms with E-state index in [0.29, 0.717) is 6.07 Å². The van der Waals surface area contributed by atoms with E-state index in [1.165, 1.54) is 43.6 Å². The molecule has 34 heavy (non-hydrogen) atoms. The highest BCUT2D eigenvalue weighted by Crippen LogP contribution is 2.33. The zero-order chi connectivity index (χ0) is 24.9. The average Bonchev–Trinajstić information content (AvgIpc) is 2.80. The minimum atomic E-state index is -4.79. The maximum Gasteiger partial charge on any atom is 0.417 e. The summed E-state index contributed by atoms with van der Waals surface area (Å²) in [5.74, 6) is -1.05. The van der Waals surface area contributed by atoms with Gasteiger partial charge in [0.1, 0.15) is 23.0 Å². The molecule has 0 spiro atoms. The van der Waals surface area contributed by atoms with Crippen LogP contribution in [0.1, 0.15) is 21.6 Å². The van der Waals surface area contributed by atoms with Crippen molar-refractivity contribution < 1.29 is 31.9 Å². The van der Waals surface area contributed by atoms with E-state index in [0.717, 1.165) is 18.2 Å². The number of ether oxygens (including phenoxy) is 1. The van der Waals surface area contributed by atoms with Crippen LogP contribution in [0.3, 0.4) is 0 Å². The number of amides is 3. The van der Waals surface area contributed by atoms with E-state index in [4.69, 9.17) is 10.00 Å². The van der Waals surface area contributed by atoms with Crippen molar-refractivity contribution in [2.75, 3.05) is 17.7 Å². The Labute approximate surface area is 190 Å². The van der Waals surface area contributed by atoms with Crippen LogP contribution in [-0.4, -0.2) is 24.0 Å². The molecule has 0 unspecified atom stereocenters. The molecule has 2 aromatic carbocycles. The Balaban J connectivity index is 1.70. The summed E-state index contributed by atoms with van der Waals surface area (Å²) in [5.41, 5.74) is -2.23. The zero-order valence-electron chi connectivity index (χ0n) is 17.3. The molecule has 0 saturated carbocycles. The zero-order valence-corrected chi connectivity index (χ0v) is 17.3. The Morgan fingerprint density at radius 2 is 1.76 bits per heavy atom. The highest BCUT2D eigenvalue weighted by molar-refractivity contribution is 6.00. The van der Waals surface area contributed by atoms with Crippen molar-refractivity contribution in [2.24, 2.45) is 0 Å². The summed E-state index contributed by atoms with van der Waals surface area (Å²) in [4.78, 5) is 27.7. The van der Waals surface area contributed by atoms with Gasteiger partial charge >= 0.3 is 12.2 Å². The lowest BCUT2D eigenvalue weighted by atomic mass is 10.1. The van der Waals surface area contributed by atoms with Gasteiger partial charge in [-0.25, -0.2) is 9.18 Å². The smallest absolute Gasteiger partial charge is 0.417 e. The van der Waals surface area contributed by atoms with E-state index in [1.54, 1.807) is 0 Å². The first-order valence-electron chi connectivity index (χ1n) is 9.45. The molecule has 12 heteroatoms. The van der Waals surface area contributed by atoms with Gasteiger partial charge in [0.15, 0.2) is 0 Å². The van der Waals surface area contributed by atoms with Crippen LogP contribution < -0.4 is 20.7 Å². The summed E-state index contributed by atoms with van der Waals surface area (Å²) in [6.45, 7) is 0. The Morgan fingerprint density at radius 1 is 1.03 bits per heavy atom. The molecule has 3 aromatic rings. The fourth-order valence-corrected chi connectivity index (χ4v) is 2.76. The Morgan fingerprint density at radius 3 is 2.41 bits per heavy atom. The van der Waals surface area contributed by atoms with Crippen LogP contribution in [0.4, 0.5) is 33.7 Å². The quantitative estimate of drug-likeness (QED) is 0.456. The SMILES string of the molecule is CNC(=O)c1cc(Oc2ccc(NC(=O)Nc3ccc(C#N)c(C(F)(F)F)c3)c(F)c2)ccn1. The van der Waals surface area contributed by atoms with Crippen LogP contribution in [0.2, 0.25) is 0 Å². The second-order valence-electron chi connectivity index (χ2n) is 6.65. The molecule has 1 heterocycles. The molecule has 3 amide bonds. The van der Waals surface area contributed by atoms with E-state index in [9.17, 15) is 27.2 Å². The van der Waals surface area contributed by atoms with Crippen molar-refractivity contribution in [3.63, 3.8) is 0 Å². The summed E-state index contributed by atoms with van der Waals surface area (Å²) in [5, 5.41) is 15.6. The number of nitrogens with one attached hydrogen (secondary N) is 3. The monoisotopic (exact) mass is 473 g/mol. The van der Waals surface area contributed by atoms with E-state index in [-0.39, 0.29) is 28.6 Å². The van der Waals surface area contributed by atoms with Crippen LogP contribution in [-0.2, 0) is 6.18 Å². The topological polar surface area (TPSA) is 116 Å². The molecule has 8 nitrogen and oxygen atoms in total. The third-order valence-electron chi connectivity index (χ3n) is 4.32. The summed E-state index contributed by atoms with van der Waals surface area (Å²) in [6, 6.07) is 9.36. The Bertz CT molecular complexity index is 1290. The van der Waals surface area contributed by atoms with Gasteiger partial charge < -0.3 is 20.7 Å². The van der Waals surface area contributed by atoms with Crippen LogP contribution in [0.5, 0.6) is 11.5 Å². The van der Waals surface area contributed by atoms with Crippen molar-refractivity contribution >= 4 is 23.3 Å². The number of nitriles is 1. The van der Waals surface area contributed by atoms with Gasteiger partial charge in [-0.05, 0) is 36.4 Å². The first-order chi connectivity index (χ1) is 16.1. The molecule has 0 saturated heterocycles. The molecule has 174 valence electrons. The van der Waals surface area contributed by atoms with Crippen LogP contribution >= 0.6 is 0 Å². The van der Waals surface area contributed by atoms with E-state index >= 15 is 0 Å². The van der Waals surface area contributed by atoms with Crippen molar-refractivity contribution in [1.82, 2.24) is 10.3 Å². The van der Waals surface area contributed by atoms with E-state index in [1.807, 2.05) is 0 Å². The van der Waals surface area contributed by atoms with Gasteiger partial charge in [-0.15, -0.1) is 0 Å². The molecule has 1 aromatic heterocycles. The molecule has 0 radical (unpaired) electrons. The van der Waals surface area contributed by atoms with Crippen molar-refractivity contribution in [2.45, 2.75) is 6.18 Å². The highest BCUT2D eigenvalue weighted by atomic mass is 19.4. The maximum atomic E-state index is 14.4. The fraction of sp³-hybridized carbons (Fsp3) is 0.0909. The first kappa shape index (κ1) is 24.0. The Hall–Kier alpha value is -4.66. The molecular weight excluding hydrogens is 458 g/mol. The number of anilines is 2. The van der Waals surface area contributed by atoms with E-state index in [2.05, 4.69) is 20.9 Å². The lowest BCUT2D eigenvalue weighted by molar-refractivity contribution is -0.137. The standard InChI is InChI=1S/C22H15F4N5O3/c1-28-20(32)19-10-15(6-7-29-19)34-14-4-5-18(17(23)9-14)31-21(33)30-13-3-2-12(11-27)16(8-13)22(24,25)26/h2-10H,1H3,(H,28,32)(H2,30,31,33). The molecule has 0 aliphatic rings. The van der Waals surface area contributed by atoms with Crippen molar-refractivity contribution in [3.8, 4) is 17.6 Å². The van der Waals surface area contributed by atoms with Gasteiger partial charge in [0.25, 0.3) is 5.91 Å². The predicted molar refractivity (Wildman–Crippen MR) is 113 cm³/mol. The number of pyridine rings is 1. The first-order valence-corrected chi connectivity index (χ1v) is 9.45. The molecule has 0 atom stereocenters. The normalized spacial score (nSPS) is 10.7. The van der Waals surface area contributed by atoms with Gasteiger partial charge in [-0.1, -0.05) is 0 Å². The van der Waals surface area contributed by atoms with Gasteiger partial charge in [-0.2, -0.15) is 18.4 Å². The summed E-state index contributed by atoms with van der Waals surface area (Å²) >= 11 is 0. The number of rotatable bonds is 5. The molecular formula is C22H15F4N5O3. The van der Waals surface area contributed by atoms with Crippen molar-refractivity contribution in [3.05, 3.63) is 77.4 Å². The van der Waals surface area contributed by atoms with Crippen LogP contribution in [0, 0.1) is 17.1 Å². The Kier molecular flexibility index (Phi) is 6.96. The number of halogens is 4. The third kappa shape index (κ3) is 5.77. The highest BCUT2D eigenvalue weighted by Gasteiger charge is 2.34. The number of hydrogen-bond acceptors (Lipinski definition) is 5. The maximum absolute atomic E-state index is 14.4. The number of alkyl halides is 3. The van der Waals surface area contributed by atoms with E-state index < -0.39 is 35.1 Å². The second kappa shape index (κ2) is 9.86. The molecule has 0 fully saturated rings. The number of hydrogen-bond donors (Lipinski definition) is 3. The molecule has 3 N–H and O–H groups in total. The van der Waals surface area contributed by atoms with Gasteiger partial charge in [0, 0.05) is 31.1 Å². The molecule has 0 aliphatic heterocycles. The lowest BCUT2D eigenvalue weighted by Gasteiger charge is -2.13.